The molecule has 6 heteroatoms. The zero-order valence-electron chi connectivity index (χ0n) is 13.1. The summed E-state index contributed by atoms with van der Waals surface area (Å²) in [5, 5.41) is 0. The summed E-state index contributed by atoms with van der Waals surface area (Å²) in [6.07, 6.45) is 1.91. The normalized spacial score (nSPS) is 13.8. The minimum absolute atomic E-state index is 0.0146. The van der Waals surface area contributed by atoms with Gasteiger partial charge in [-0.2, -0.15) is 0 Å². The molecule has 0 heterocycles. The van der Waals surface area contributed by atoms with Gasteiger partial charge in [-0.25, -0.2) is 0 Å². The van der Waals surface area contributed by atoms with Crippen LogP contribution in [-0.2, 0) is 4.74 Å². The van der Waals surface area contributed by atoms with Crippen molar-refractivity contribution in [2.45, 2.75) is 38.8 Å². The Morgan fingerprint density at radius 3 is 2.43 bits per heavy atom. The van der Waals surface area contributed by atoms with E-state index in [0.29, 0.717) is 12.4 Å². The van der Waals surface area contributed by atoms with Gasteiger partial charge in [0.1, 0.15) is 16.0 Å². The van der Waals surface area contributed by atoms with Gasteiger partial charge in [-0.05, 0) is 41.4 Å². The molecule has 0 spiro atoms. The summed E-state index contributed by atoms with van der Waals surface area (Å²) in [5.41, 5.74) is 3.80. The molecule has 0 saturated carbocycles. The van der Waals surface area contributed by atoms with Gasteiger partial charge in [0.05, 0.1) is 26.4 Å². The number of methoxy groups -OCH3 is 2. The van der Waals surface area contributed by atoms with Crippen LogP contribution >= 0.6 is 15.9 Å². The maximum atomic E-state index is 5.84. The molecule has 0 aliphatic carbocycles. The average molecular weight is 361 g/mol. The number of rotatable bonds is 9. The first kappa shape index (κ1) is 18.2. The SMILES string of the molecule is CCCC(OCC)C(NN)c1ccc(OC)c(Br)c1OC. The van der Waals surface area contributed by atoms with Gasteiger partial charge in [0.15, 0.2) is 0 Å². The number of hydrogen-bond acceptors (Lipinski definition) is 5. The third-order valence-corrected chi connectivity index (χ3v) is 4.11. The third-order valence-electron chi connectivity index (χ3n) is 3.36. The zero-order chi connectivity index (χ0) is 15.8. The topological polar surface area (TPSA) is 65.7 Å². The Kier molecular flexibility index (Phi) is 8.03. The molecule has 0 aromatic heterocycles. The van der Waals surface area contributed by atoms with E-state index in [1.807, 2.05) is 19.1 Å². The number of hydrazine groups is 1. The van der Waals surface area contributed by atoms with Crippen molar-refractivity contribution in [3.8, 4) is 11.5 Å². The molecule has 0 aliphatic rings. The largest absolute Gasteiger partial charge is 0.495 e. The fraction of sp³-hybridized carbons (Fsp3) is 0.600. The summed E-state index contributed by atoms with van der Waals surface area (Å²) >= 11 is 3.52. The van der Waals surface area contributed by atoms with Crippen LogP contribution in [0.4, 0.5) is 0 Å². The fourth-order valence-corrected chi connectivity index (χ4v) is 3.09. The van der Waals surface area contributed by atoms with Gasteiger partial charge in [-0.1, -0.05) is 13.3 Å². The van der Waals surface area contributed by atoms with Crippen LogP contribution in [0.3, 0.4) is 0 Å². The molecule has 0 radical (unpaired) electrons. The van der Waals surface area contributed by atoms with Crippen molar-refractivity contribution in [2.75, 3.05) is 20.8 Å². The van der Waals surface area contributed by atoms with E-state index >= 15 is 0 Å². The standard InChI is InChI=1S/C15H25BrN2O3/c1-5-7-12(21-6-2)14(18-17)10-8-9-11(19-3)13(16)15(10)20-4/h8-9,12,14,18H,5-7,17H2,1-4H3. The number of halogens is 1. The van der Waals surface area contributed by atoms with Gasteiger partial charge in [0.2, 0.25) is 0 Å². The van der Waals surface area contributed by atoms with Crippen molar-refractivity contribution in [3.63, 3.8) is 0 Å². The molecule has 21 heavy (non-hydrogen) atoms. The second-order valence-corrected chi connectivity index (χ2v) is 5.42. The highest BCUT2D eigenvalue weighted by Crippen LogP contribution is 2.41. The first-order valence-electron chi connectivity index (χ1n) is 7.12. The van der Waals surface area contributed by atoms with E-state index in [-0.39, 0.29) is 12.1 Å². The van der Waals surface area contributed by atoms with E-state index in [9.17, 15) is 0 Å². The lowest BCUT2D eigenvalue weighted by molar-refractivity contribution is 0.0269. The van der Waals surface area contributed by atoms with Crippen LogP contribution < -0.4 is 20.7 Å². The highest BCUT2D eigenvalue weighted by atomic mass is 79.9. The maximum absolute atomic E-state index is 5.84. The number of nitrogens with one attached hydrogen (secondary N) is 1. The van der Waals surface area contributed by atoms with Crippen LogP contribution in [0.5, 0.6) is 11.5 Å². The fourth-order valence-electron chi connectivity index (χ4n) is 2.41. The molecule has 0 fully saturated rings. The minimum Gasteiger partial charge on any atom is -0.495 e. The Morgan fingerprint density at radius 2 is 1.95 bits per heavy atom. The van der Waals surface area contributed by atoms with Crippen LogP contribution in [0, 0.1) is 0 Å². The molecular formula is C15H25BrN2O3. The van der Waals surface area contributed by atoms with Crippen LogP contribution in [0.1, 0.15) is 38.3 Å². The Morgan fingerprint density at radius 1 is 1.24 bits per heavy atom. The van der Waals surface area contributed by atoms with Gasteiger partial charge in [-0.15, -0.1) is 0 Å². The lowest BCUT2D eigenvalue weighted by atomic mass is 9.97. The van der Waals surface area contributed by atoms with Crippen molar-refractivity contribution >= 4 is 15.9 Å². The summed E-state index contributed by atoms with van der Waals surface area (Å²) in [6.45, 7) is 4.75. The lowest BCUT2D eigenvalue weighted by Gasteiger charge is -2.28. The first-order valence-corrected chi connectivity index (χ1v) is 7.91. The van der Waals surface area contributed by atoms with E-state index in [1.54, 1.807) is 14.2 Å². The molecule has 2 unspecified atom stereocenters. The molecular weight excluding hydrogens is 336 g/mol. The molecule has 1 aromatic carbocycles. The van der Waals surface area contributed by atoms with Crippen molar-refractivity contribution in [3.05, 3.63) is 22.2 Å². The molecule has 1 rings (SSSR count). The number of ether oxygens (including phenoxy) is 3. The van der Waals surface area contributed by atoms with Gasteiger partial charge in [-0.3, -0.25) is 11.3 Å². The second kappa shape index (κ2) is 9.25. The predicted octanol–water partition coefficient (Wildman–Crippen LogP) is 3.18. The highest BCUT2D eigenvalue weighted by Gasteiger charge is 2.27. The van der Waals surface area contributed by atoms with Crippen LogP contribution in [0.25, 0.3) is 0 Å². The molecule has 120 valence electrons. The van der Waals surface area contributed by atoms with Crippen LogP contribution in [0.2, 0.25) is 0 Å². The Bertz CT molecular complexity index is 437. The van der Waals surface area contributed by atoms with Crippen molar-refractivity contribution < 1.29 is 14.2 Å². The van der Waals surface area contributed by atoms with Crippen LogP contribution in [0.15, 0.2) is 16.6 Å². The van der Waals surface area contributed by atoms with E-state index in [1.165, 1.54) is 0 Å². The Labute approximate surface area is 135 Å². The molecule has 5 nitrogen and oxygen atoms in total. The number of hydrogen-bond donors (Lipinski definition) is 2. The summed E-state index contributed by atoms with van der Waals surface area (Å²) in [6, 6.07) is 3.69. The lowest BCUT2D eigenvalue weighted by Crippen LogP contribution is -2.38. The molecule has 0 bridgehead atoms. The zero-order valence-corrected chi connectivity index (χ0v) is 14.7. The number of nitrogens with two attached hydrogens (primary N) is 1. The molecule has 0 saturated heterocycles. The van der Waals surface area contributed by atoms with E-state index in [2.05, 4.69) is 28.3 Å². The average Bonchev–Trinajstić information content (AvgIpc) is 2.49. The quantitative estimate of drug-likeness (QED) is 0.522. The number of benzene rings is 1. The minimum atomic E-state index is -0.151. The monoisotopic (exact) mass is 360 g/mol. The van der Waals surface area contributed by atoms with Crippen LogP contribution in [-0.4, -0.2) is 26.9 Å². The summed E-state index contributed by atoms with van der Waals surface area (Å²) in [7, 11) is 3.25. The molecule has 2 atom stereocenters. The molecule has 0 amide bonds. The van der Waals surface area contributed by atoms with Gasteiger partial charge >= 0.3 is 0 Å². The van der Waals surface area contributed by atoms with Crippen molar-refractivity contribution in [1.29, 1.82) is 0 Å². The second-order valence-electron chi connectivity index (χ2n) is 4.63. The van der Waals surface area contributed by atoms with E-state index in [0.717, 1.165) is 28.6 Å². The predicted molar refractivity (Wildman–Crippen MR) is 87.6 cm³/mol. The van der Waals surface area contributed by atoms with E-state index in [4.69, 9.17) is 20.1 Å². The van der Waals surface area contributed by atoms with Gasteiger partial charge in [0.25, 0.3) is 0 Å². The highest BCUT2D eigenvalue weighted by molar-refractivity contribution is 9.10. The first-order chi connectivity index (χ1) is 10.1. The molecule has 3 N–H and O–H groups in total. The third kappa shape index (κ3) is 4.32. The van der Waals surface area contributed by atoms with Gasteiger partial charge < -0.3 is 14.2 Å². The van der Waals surface area contributed by atoms with Crippen molar-refractivity contribution in [2.24, 2.45) is 5.84 Å². The summed E-state index contributed by atoms with van der Waals surface area (Å²) in [5.74, 6) is 7.20. The van der Waals surface area contributed by atoms with Crippen molar-refractivity contribution in [1.82, 2.24) is 5.43 Å². The summed E-state index contributed by atoms with van der Waals surface area (Å²) < 4.78 is 17.4. The summed E-state index contributed by atoms with van der Waals surface area (Å²) in [4.78, 5) is 0. The maximum Gasteiger partial charge on any atom is 0.141 e. The molecule has 1 aromatic rings. The smallest absolute Gasteiger partial charge is 0.141 e. The van der Waals surface area contributed by atoms with E-state index < -0.39 is 0 Å². The molecule has 0 aliphatic heterocycles. The van der Waals surface area contributed by atoms with Gasteiger partial charge in [0, 0.05) is 12.2 Å². The Hall–Kier alpha value is -0.820. The Balaban J connectivity index is 3.23.